The van der Waals surface area contributed by atoms with Gasteiger partial charge < -0.3 is 4.98 Å². The SMILES string of the molecule is O=CC(=O)c1c[nH]c2ccc(F)cc12. The van der Waals surface area contributed by atoms with Gasteiger partial charge in [-0.15, -0.1) is 0 Å². The largest absolute Gasteiger partial charge is 0.360 e. The van der Waals surface area contributed by atoms with Gasteiger partial charge in [0.1, 0.15) is 5.82 Å². The van der Waals surface area contributed by atoms with Gasteiger partial charge in [-0.2, -0.15) is 0 Å². The monoisotopic (exact) mass is 191 g/mol. The fourth-order valence-corrected chi connectivity index (χ4v) is 1.36. The molecule has 70 valence electrons. The van der Waals surface area contributed by atoms with Crippen molar-refractivity contribution in [3.05, 3.63) is 35.8 Å². The summed E-state index contributed by atoms with van der Waals surface area (Å²) in [6, 6.07) is 4.03. The molecule has 0 bridgehead atoms. The van der Waals surface area contributed by atoms with E-state index in [4.69, 9.17) is 0 Å². The first-order valence-electron chi connectivity index (χ1n) is 3.98. The van der Waals surface area contributed by atoms with Gasteiger partial charge in [-0.3, -0.25) is 9.59 Å². The van der Waals surface area contributed by atoms with Gasteiger partial charge >= 0.3 is 0 Å². The van der Waals surface area contributed by atoms with Gasteiger partial charge in [0.15, 0.2) is 6.29 Å². The molecule has 0 amide bonds. The molecule has 0 unspecified atom stereocenters. The minimum atomic E-state index is -0.651. The number of aldehydes is 1. The lowest BCUT2D eigenvalue weighted by atomic mass is 10.1. The van der Waals surface area contributed by atoms with Gasteiger partial charge in [0.2, 0.25) is 5.78 Å². The number of Topliss-reactive ketones (excluding diaryl/α,β-unsaturated/α-hetero) is 1. The van der Waals surface area contributed by atoms with Crippen molar-refractivity contribution in [2.75, 3.05) is 0 Å². The van der Waals surface area contributed by atoms with Crippen LogP contribution in [0.25, 0.3) is 10.9 Å². The number of rotatable bonds is 2. The first-order chi connectivity index (χ1) is 6.72. The Morgan fingerprint density at radius 3 is 2.93 bits per heavy atom. The van der Waals surface area contributed by atoms with Crippen molar-refractivity contribution < 1.29 is 14.0 Å². The first kappa shape index (κ1) is 8.62. The van der Waals surface area contributed by atoms with E-state index in [0.717, 1.165) is 0 Å². The van der Waals surface area contributed by atoms with E-state index in [1.54, 1.807) is 0 Å². The van der Waals surface area contributed by atoms with E-state index >= 15 is 0 Å². The fourth-order valence-electron chi connectivity index (χ4n) is 1.36. The van der Waals surface area contributed by atoms with E-state index in [2.05, 4.69) is 4.98 Å². The van der Waals surface area contributed by atoms with E-state index < -0.39 is 11.6 Å². The molecule has 2 rings (SSSR count). The minimum Gasteiger partial charge on any atom is -0.360 e. The van der Waals surface area contributed by atoms with Crippen molar-refractivity contribution in [1.82, 2.24) is 4.98 Å². The summed E-state index contributed by atoms with van der Waals surface area (Å²) in [4.78, 5) is 24.1. The number of carbonyl (C=O) groups is 2. The van der Waals surface area contributed by atoms with E-state index in [0.29, 0.717) is 10.9 Å². The molecule has 0 fully saturated rings. The number of hydrogen-bond donors (Lipinski definition) is 1. The van der Waals surface area contributed by atoms with Crippen LogP contribution in [0, 0.1) is 5.82 Å². The molecule has 0 radical (unpaired) electrons. The number of aromatic nitrogens is 1. The smallest absolute Gasteiger partial charge is 0.227 e. The second kappa shape index (κ2) is 3.06. The first-order valence-corrected chi connectivity index (χ1v) is 3.98. The number of halogens is 1. The van der Waals surface area contributed by atoms with Crippen molar-refractivity contribution in [2.24, 2.45) is 0 Å². The van der Waals surface area contributed by atoms with E-state index in [1.807, 2.05) is 0 Å². The molecule has 4 heteroatoms. The molecule has 3 nitrogen and oxygen atoms in total. The molecule has 2 aromatic rings. The third kappa shape index (κ3) is 1.21. The Kier molecular flexibility index (Phi) is 1.89. The summed E-state index contributed by atoms with van der Waals surface area (Å²) < 4.78 is 12.8. The van der Waals surface area contributed by atoms with Crippen molar-refractivity contribution in [2.45, 2.75) is 0 Å². The molecule has 0 spiro atoms. The average molecular weight is 191 g/mol. The zero-order valence-corrected chi connectivity index (χ0v) is 7.08. The van der Waals surface area contributed by atoms with E-state index in [-0.39, 0.29) is 11.8 Å². The summed E-state index contributed by atoms with van der Waals surface area (Å²) in [5.74, 6) is -1.08. The molecule has 0 saturated carbocycles. The van der Waals surface area contributed by atoms with Gasteiger partial charge in [0, 0.05) is 17.1 Å². The maximum atomic E-state index is 12.8. The number of hydrogen-bond acceptors (Lipinski definition) is 2. The molecule has 0 aliphatic carbocycles. The summed E-state index contributed by atoms with van der Waals surface area (Å²) >= 11 is 0. The molecule has 0 saturated heterocycles. The standard InChI is InChI=1S/C10H6FNO2/c11-6-1-2-9-7(3-6)8(4-12-9)10(14)5-13/h1-5,12H. The predicted octanol–water partition coefficient (Wildman–Crippen LogP) is 1.69. The highest BCUT2D eigenvalue weighted by molar-refractivity contribution is 6.36. The number of fused-ring (bicyclic) bond motifs is 1. The van der Waals surface area contributed by atoms with Crippen LogP contribution in [-0.2, 0) is 4.79 Å². The average Bonchev–Trinajstić information content (AvgIpc) is 2.59. The van der Waals surface area contributed by atoms with Crippen LogP contribution in [0.1, 0.15) is 10.4 Å². The normalized spacial score (nSPS) is 10.4. The van der Waals surface area contributed by atoms with Crippen LogP contribution in [0.5, 0.6) is 0 Å². The zero-order chi connectivity index (χ0) is 10.1. The Morgan fingerprint density at radius 2 is 2.21 bits per heavy atom. The topological polar surface area (TPSA) is 49.9 Å². The molecular weight excluding hydrogens is 185 g/mol. The Balaban J connectivity index is 2.72. The molecule has 14 heavy (non-hydrogen) atoms. The van der Waals surface area contributed by atoms with E-state index in [1.165, 1.54) is 24.4 Å². The summed E-state index contributed by atoms with van der Waals surface area (Å²) in [7, 11) is 0. The van der Waals surface area contributed by atoms with Crippen molar-refractivity contribution in [3.63, 3.8) is 0 Å². The van der Waals surface area contributed by atoms with Crippen LogP contribution in [0.2, 0.25) is 0 Å². The number of ketones is 1. The van der Waals surface area contributed by atoms with Gasteiger partial charge in [0.25, 0.3) is 0 Å². The lowest BCUT2D eigenvalue weighted by molar-refractivity contribution is -0.104. The van der Waals surface area contributed by atoms with Crippen LogP contribution >= 0.6 is 0 Å². The highest BCUT2D eigenvalue weighted by Gasteiger charge is 2.10. The second-order valence-corrected chi connectivity index (χ2v) is 2.87. The van der Waals surface area contributed by atoms with Gasteiger partial charge in [-0.1, -0.05) is 0 Å². The lowest BCUT2D eigenvalue weighted by Gasteiger charge is -1.92. The lowest BCUT2D eigenvalue weighted by Crippen LogP contribution is -1.97. The molecule has 1 N–H and O–H groups in total. The quantitative estimate of drug-likeness (QED) is 0.446. The molecular formula is C10H6FNO2. The minimum absolute atomic E-state index is 0.203. The van der Waals surface area contributed by atoms with Crippen molar-refractivity contribution in [3.8, 4) is 0 Å². The molecule has 1 aromatic heterocycles. The van der Waals surface area contributed by atoms with Gasteiger partial charge in [-0.25, -0.2) is 4.39 Å². The third-order valence-corrected chi connectivity index (χ3v) is 2.02. The van der Waals surface area contributed by atoms with Crippen LogP contribution in [0.4, 0.5) is 4.39 Å². The molecule has 0 atom stereocenters. The maximum Gasteiger partial charge on any atom is 0.227 e. The third-order valence-electron chi connectivity index (χ3n) is 2.02. The molecule has 0 aliphatic heterocycles. The fraction of sp³-hybridized carbons (Fsp3) is 0. The van der Waals surface area contributed by atoms with Gasteiger partial charge in [-0.05, 0) is 18.2 Å². The summed E-state index contributed by atoms with van der Waals surface area (Å²) in [6.07, 6.45) is 1.62. The van der Waals surface area contributed by atoms with E-state index in [9.17, 15) is 14.0 Å². The number of carbonyl (C=O) groups excluding carboxylic acids is 2. The van der Waals surface area contributed by atoms with Crippen molar-refractivity contribution >= 4 is 23.0 Å². The van der Waals surface area contributed by atoms with Crippen LogP contribution in [-0.4, -0.2) is 17.1 Å². The summed E-state index contributed by atoms with van der Waals surface area (Å²) in [6.45, 7) is 0. The molecule has 0 aliphatic rings. The molecule has 1 aromatic carbocycles. The Morgan fingerprint density at radius 1 is 1.43 bits per heavy atom. The Hall–Kier alpha value is -1.97. The van der Waals surface area contributed by atoms with Crippen LogP contribution in [0.15, 0.2) is 24.4 Å². The number of nitrogens with one attached hydrogen (secondary N) is 1. The summed E-state index contributed by atoms with van der Waals surface area (Å²) in [5.41, 5.74) is 0.839. The Labute approximate surface area is 78.5 Å². The van der Waals surface area contributed by atoms with Crippen molar-refractivity contribution in [1.29, 1.82) is 0 Å². The predicted molar refractivity (Wildman–Crippen MR) is 48.7 cm³/mol. The zero-order valence-electron chi connectivity index (χ0n) is 7.08. The van der Waals surface area contributed by atoms with Crippen LogP contribution < -0.4 is 0 Å². The molecule has 1 heterocycles. The summed E-state index contributed by atoms with van der Waals surface area (Å²) in [5, 5.41) is 0.433. The van der Waals surface area contributed by atoms with Gasteiger partial charge in [0.05, 0.1) is 5.56 Å². The maximum absolute atomic E-state index is 12.8. The number of aromatic amines is 1. The Bertz CT molecular complexity index is 516. The highest BCUT2D eigenvalue weighted by Crippen LogP contribution is 2.19. The second-order valence-electron chi connectivity index (χ2n) is 2.87. The number of benzene rings is 1. The highest BCUT2D eigenvalue weighted by atomic mass is 19.1. The van der Waals surface area contributed by atoms with Crippen LogP contribution in [0.3, 0.4) is 0 Å². The number of H-pyrrole nitrogens is 1.